The number of anilines is 1. The second kappa shape index (κ2) is 7.13. The normalized spacial score (nSPS) is 14.1. The zero-order valence-electron chi connectivity index (χ0n) is 13.8. The molecule has 0 spiro atoms. The van der Waals surface area contributed by atoms with Crippen LogP contribution in [0.25, 0.3) is 11.4 Å². The van der Waals surface area contributed by atoms with E-state index >= 15 is 0 Å². The van der Waals surface area contributed by atoms with Crippen LogP contribution in [-0.4, -0.2) is 39.1 Å². The summed E-state index contributed by atoms with van der Waals surface area (Å²) in [6.45, 7) is 1.30. The molecule has 1 aliphatic heterocycles. The van der Waals surface area contributed by atoms with Gasteiger partial charge in [0.2, 0.25) is 11.7 Å². The summed E-state index contributed by atoms with van der Waals surface area (Å²) in [6, 6.07) is 10.7. The van der Waals surface area contributed by atoms with Crippen molar-refractivity contribution in [1.82, 2.24) is 20.0 Å². The van der Waals surface area contributed by atoms with Gasteiger partial charge in [0, 0.05) is 54.1 Å². The van der Waals surface area contributed by atoms with Gasteiger partial charge in [-0.3, -0.25) is 4.98 Å². The average molecular weight is 370 g/mol. The maximum absolute atomic E-state index is 12.2. The third-order valence-electron chi connectivity index (χ3n) is 4.17. The van der Waals surface area contributed by atoms with Crippen LogP contribution < -0.4 is 5.32 Å². The molecule has 3 heterocycles. The van der Waals surface area contributed by atoms with Crippen molar-refractivity contribution in [2.45, 2.75) is 6.42 Å². The summed E-state index contributed by atoms with van der Waals surface area (Å²) in [7, 11) is 0. The highest BCUT2D eigenvalue weighted by Gasteiger charge is 2.32. The Kier molecular flexibility index (Phi) is 4.53. The zero-order chi connectivity index (χ0) is 17.9. The number of urea groups is 1. The van der Waals surface area contributed by atoms with E-state index in [-0.39, 0.29) is 6.03 Å². The molecule has 0 radical (unpaired) electrons. The Bertz CT molecular complexity index is 909. The predicted octanol–water partition coefficient (Wildman–Crippen LogP) is 3.49. The second-order valence-electron chi connectivity index (χ2n) is 6.17. The van der Waals surface area contributed by atoms with Gasteiger partial charge in [0.25, 0.3) is 0 Å². The highest BCUT2D eigenvalue weighted by molar-refractivity contribution is 6.30. The van der Waals surface area contributed by atoms with E-state index in [1.165, 1.54) is 0 Å². The van der Waals surface area contributed by atoms with Crippen LogP contribution >= 0.6 is 11.6 Å². The predicted molar refractivity (Wildman–Crippen MR) is 96.8 cm³/mol. The molecule has 7 nitrogen and oxygen atoms in total. The summed E-state index contributed by atoms with van der Waals surface area (Å²) in [5.41, 5.74) is 1.50. The van der Waals surface area contributed by atoms with Crippen molar-refractivity contribution >= 4 is 23.3 Å². The number of benzene rings is 1. The fourth-order valence-electron chi connectivity index (χ4n) is 2.83. The number of nitrogens with zero attached hydrogens (tertiary/aromatic N) is 4. The molecule has 0 aliphatic carbocycles. The molecule has 4 rings (SSSR count). The van der Waals surface area contributed by atoms with E-state index in [0.717, 1.165) is 5.56 Å². The Labute approximate surface area is 155 Å². The quantitative estimate of drug-likeness (QED) is 0.761. The third-order valence-corrected chi connectivity index (χ3v) is 4.41. The van der Waals surface area contributed by atoms with Gasteiger partial charge in [0.15, 0.2) is 0 Å². The van der Waals surface area contributed by atoms with Gasteiger partial charge in [0.05, 0.1) is 0 Å². The average Bonchev–Trinajstić information content (AvgIpc) is 3.07. The van der Waals surface area contributed by atoms with Crippen molar-refractivity contribution in [3.63, 3.8) is 0 Å². The highest BCUT2D eigenvalue weighted by Crippen LogP contribution is 2.23. The third kappa shape index (κ3) is 3.67. The van der Waals surface area contributed by atoms with Gasteiger partial charge in [-0.25, -0.2) is 4.79 Å². The molecule has 0 atom stereocenters. The first kappa shape index (κ1) is 16.5. The highest BCUT2D eigenvalue weighted by atomic mass is 35.5. The zero-order valence-corrected chi connectivity index (χ0v) is 14.6. The maximum Gasteiger partial charge on any atom is 0.321 e. The molecule has 1 saturated heterocycles. The van der Waals surface area contributed by atoms with Gasteiger partial charge in [0.1, 0.15) is 0 Å². The topological polar surface area (TPSA) is 84.2 Å². The molecule has 1 aliphatic rings. The molecule has 132 valence electrons. The summed E-state index contributed by atoms with van der Waals surface area (Å²) >= 11 is 5.92. The Hall–Kier alpha value is -2.93. The number of nitrogens with one attached hydrogen (secondary N) is 1. The Morgan fingerprint density at radius 2 is 2.19 bits per heavy atom. The maximum atomic E-state index is 12.2. The summed E-state index contributed by atoms with van der Waals surface area (Å²) in [5, 5.41) is 7.41. The number of carbonyl (C=O) groups is 1. The van der Waals surface area contributed by atoms with Gasteiger partial charge in [-0.2, -0.15) is 4.98 Å². The summed E-state index contributed by atoms with van der Waals surface area (Å²) in [6.07, 6.45) is 4.04. The molecular weight excluding hydrogens is 354 g/mol. The smallest absolute Gasteiger partial charge is 0.321 e. The molecule has 2 amide bonds. The Morgan fingerprint density at radius 3 is 2.96 bits per heavy atom. The fraction of sp³-hybridized carbons (Fsp3) is 0.222. The lowest BCUT2D eigenvalue weighted by Crippen LogP contribution is -2.52. The van der Waals surface area contributed by atoms with Crippen LogP contribution in [0, 0.1) is 5.92 Å². The summed E-state index contributed by atoms with van der Waals surface area (Å²) in [5.74, 6) is 1.41. The van der Waals surface area contributed by atoms with Crippen molar-refractivity contribution in [2.75, 3.05) is 18.4 Å². The molecule has 26 heavy (non-hydrogen) atoms. The monoisotopic (exact) mass is 369 g/mol. The number of likely N-dealkylation sites (tertiary alicyclic amines) is 1. The fourth-order valence-corrected chi connectivity index (χ4v) is 3.02. The molecule has 1 N–H and O–H groups in total. The van der Waals surface area contributed by atoms with Crippen LogP contribution in [0.2, 0.25) is 5.02 Å². The Balaban J connectivity index is 1.29. The second-order valence-corrected chi connectivity index (χ2v) is 6.61. The van der Waals surface area contributed by atoms with Crippen molar-refractivity contribution in [1.29, 1.82) is 0 Å². The number of amides is 2. The SMILES string of the molecule is O=C(Nc1cccc(Cl)c1)N1CC(Cc2nc(-c3cccnc3)no2)C1. The van der Waals surface area contributed by atoms with Crippen LogP contribution in [0.15, 0.2) is 53.3 Å². The van der Waals surface area contributed by atoms with E-state index in [4.69, 9.17) is 16.1 Å². The number of pyridine rings is 1. The lowest BCUT2D eigenvalue weighted by atomic mass is 9.97. The molecule has 0 bridgehead atoms. The van der Waals surface area contributed by atoms with E-state index < -0.39 is 0 Å². The molecule has 0 unspecified atom stereocenters. The summed E-state index contributed by atoms with van der Waals surface area (Å²) < 4.78 is 5.31. The van der Waals surface area contributed by atoms with Crippen LogP contribution in [0.1, 0.15) is 5.89 Å². The molecule has 3 aromatic rings. The number of hydrogen-bond acceptors (Lipinski definition) is 5. The minimum atomic E-state index is -0.134. The van der Waals surface area contributed by atoms with Gasteiger partial charge in [-0.05, 0) is 30.3 Å². The lowest BCUT2D eigenvalue weighted by molar-refractivity contribution is 0.125. The molecule has 1 aromatic carbocycles. The van der Waals surface area contributed by atoms with Crippen molar-refractivity contribution in [2.24, 2.45) is 5.92 Å². The van der Waals surface area contributed by atoms with Crippen LogP contribution in [0.3, 0.4) is 0 Å². The van der Waals surface area contributed by atoms with E-state index in [0.29, 0.717) is 47.9 Å². The van der Waals surface area contributed by atoms with E-state index in [1.807, 2.05) is 12.1 Å². The molecule has 1 fully saturated rings. The molecule has 2 aromatic heterocycles. The van der Waals surface area contributed by atoms with Crippen LogP contribution in [0.5, 0.6) is 0 Å². The minimum absolute atomic E-state index is 0.134. The first-order chi connectivity index (χ1) is 12.7. The van der Waals surface area contributed by atoms with Gasteiger partial charge < -0.3 is 14.7 Å². The number of aromatic nitrogens is 3. The molecular formula is C18H16ClN5O2. The number of hydrogen-bond donors (Lipinski definition) is 1. The first-order valence-corrected chi connectivity index (χ1v) is 8.59. The molecule has 0 saturated carbocycles. The van der Waals surface area contributed by atoms with Crippen molar-refractivity contribution in [3.05, 3.63) is 59.7 Å². The summed E-state index contributed by atoms with van der Waals surface area (Å²) in [4.78, 5) is 22.4. The van der Waals surface area contributed by atoms with Gasteiger partial charge in [-0.1, -0.05) is 22.8 Å². The molecule has 8 heteroatoms. The van der Waals surface area contributed by atoms with Crippen molar-refractivity contribution < 1.29 is 9.32 Å². The van der Waals surface area contributed by atoms with E-state index in [2.05, 4.69) is 20.4 Å². The van der Waals surface area contributed by atoms with E-state index in [1.54, 1.807) is 41.6 Å². The van der Waals surface area contributed by atoms with Crippen LogP contribution in [-0.2, 0) is 6.42 Å². The van der Waals surface area contributed by atoms with Gasteiger partial charge >= 0.3 is 6.03 Å². The number of halogens is 1. The van der Waals surface area contributed by atoms with Gasteiger partial charge in [-0.15, -0.1) is 0 Å². The first-order valence-electron chi connectivity index (χ1n) is 8.22. The standard InChI is InChI=1S/C18H16ClN5O2/c19-14-4-1-5-15(8-14)21-18(25)24-10-12(11-24)7-16-22-17(23-26-16)13-3-2-6-20-9-13/h1-6,8-9,12H,7,10-11H2,(H,21,25). The number of rotatable bonds is 4. The van der Waals surface area contributed by atoms with E-state index in [9.17, 15) is 4.79 Å². The van der Waals surface area contributed by atoms with Crippen LogP contribution in [0.4, 0.5) is 10.5 Å². The minimum Gasteiger partial charge on any atom is -0.339 e. The lowest BCUT2D eigenvalue weighted by Gasteiger charge is -2.38. The van der Waals surface area contributed by atoms with Crippen molar-refractivity contribution in [3.8, 4) is 11.4 Å². The number of carbonyl (C=O) groups excluding carboxylic acids is 1. The Morgan fingerprint density at radius 1 is 1.31 bits per heavy atom. The largest absolute Gasteiger partial charge is 0.339 e.